The molecule has 0 saturated heterocycles. The Morgan fingerprint density at radius 2 is 2.35 bits per heavy atom. The Bertz CT molecular complexity index is 456. The average Bonchev–Trinajstić information content (AvgIpc) is 2.68. The van der Waals surface area contributed by atoms with Crippen molar-refractivity contribution in [2.45, 2.75) is 19.4 Å². The maximum absolute atomic E-state index is 11.4. The van der Waals surface area contributed by atoms with E-state index in [4.69, 9.17) is 5.11 Å². The molecule has 0 aliphatic heterocycles. The van der Waals surface area contributed by atoms with Crippen molar-refractivity contribution in [1.82, 2.24) is 19.4 Å². The Morgan fingerprint density at radius 3 is 2.82 bits per heavy atom. The molecule has 0 bridgehead atoms. The number of aliphatic carboxylic acids is 1. The van der Waals surface area contributed by atoms with Gasteiger partial charge in [-0.25, -0.2) is 9.71 Å². The van der Waals surface area contributed by atoms with Crippen molar-refractivity contribution in [1.29, 1.82) is 0 Å². The molecule has 96 valence electrons. The summed E-state index contributed by atoms with van der Waals surface area (Å²) in [6, 6.07) is -1.24. The van der Waals surface area contributed by atoms with Crippen molar-refractivity contribution in [3.05, 3.63) is 18.2 Å². The number of carboxylic acids is 1. The molecule has 1 aromatic rings. The maximum atomic E-state index is 11.4. The van der Waals surface area contributed by atoms with Crippen LogP contribution in [0.15, 0.2) is 12.5 Å². The molecule has 0 aliphatic carbocycles. The van der Waals surface area contributed by atoms with Gasteiger partial charge in [-0.05, 0) is 0 Å². The molecular formula is C8H14N4O4S. The molecule has 1 aromatic heterocycles. The van der Waals surface area contributed by atoms with E-state index in [1.54, 1.807) is 6.92 Å². The van der Waals surface area contributed by atoms with E-state index in [2.05, 4.69) is 14.7 Å². The van der Waals surface area contributed by atoms with Crippen LogP contribution in [-0.2, 0) is 21.4 Å². The van der Waals surface area contributed by atoms with Crippen LogP contribution in [0, 0.1) is 0 Å². The number of H-pyrrole nitrogens is 1. The second kappa shape index (κ2) is 5.75. The molecule has 1 rings (SSSR count). The number of nitrogens with one attached hydrogen (secondary N) is 3. The summed E-state index contributed by atoms with van der Waals surface area (Å²) in [7, 11) is -3.79. The van der Waals surface area contributed by atoms with E-state index in [-0.39, 0.29) is 13.0 Å². The first-order valence-corrected chi connectivity index (χ1v) is 6.40. The predicted octanol–water partition coefficient (Wildman–Crippen LogP) is -1.15. The summed E-state index contributed by atoms with van der Waals surface area (Å²) in [5.41, 5.74) is 0.539. The summed E-state index contributed by atoms with van der Waals surface area (Å²) in [6.07, 6.45) is 2.84. The van der Waals surface area contributed by atoms with Crippen molar-refractivity contribution in [3.8, 4) is 0 Å². The van der Waals surface area contributed by atoms with Gasteiger partial charge in [0, 0.05) is 24.9 Å². The van der Waals surface area contributed by atoms with E-state index in [1.807, 2.05) is 4.72 Å². The summed E-state index contributed by atoms with van der Waals surface area (Å²) in [5, 5.41) is 8.91. The topological polar surface area (TPSA) is 124 Å². The van der Waals surface area contributed by atoms with Gasteiger partial charge in [0.1, 0.15) is 6.04 Å². The summed E-state index contributed by atoms with van der Waals surface area (Å²) in [4.78, 5) is 17.4. The van der Waals surface area contributed by atoms with Crippen LogP contribution in [0.25, 0.3) is 0 Å². The molecule has 0 spiro atoms. The molecule has 9 heteroatoms. The zero-order valence-corrected chi connectivity index (χ0v) is 9.99. The summed E-state index contributed by atoms with van der Waals surface area (Å²) < 4.78 is 26.9. The molecule has 4 N–H and O–H groups in total. The second-order valence-electron chi connectivity index (χ2n) is 3.29. The normalized spacial score (nSPS) is 13.5. The van der Waals surface area contributed by atoms with Crippen LogP contribution in [0.1, 0.15) is 12.6 Å². The number of imidazole rings is 1. The maximum Gasteiger partial charge on any atom is 0.322 e. The molecule has 17 heavy (non-hydrogen) atoms. The number of carbonyl (C=O) groups is 1. The minimum Gasteiger partial charge on any atom is -0.480 e. The van der Waals surface area contributed by atoms with Crippen LogP contribution in [0.5, 0.6) is 0 Å². The molecule has 0 radical (unpaired) electrons. The van der Waals surface area contributed by atoms with Gasteiger partial charge in [-0.3, -0.25) is 4.79 Å². The third-order valence-corrected chi connectivity index (χ3v) is 3.17. The number of carboxylic acid groups (broad SMARTS) is 1. The van der Waals surface area contributed by atoms with Crippen molar-refractivity contribution >= 4 is 16.2 Å². The van der Waals surface area contributed by atoms with Crippen molar-refractivity contribution in [2.75, 3.05) is 6.54 Å². The van der Waals surface area contributed by atoms with Gasteiger partial charge < -0.3 is 10.1 Å². The van der Waals surface area contributed by atoms with Gasteiger partial charge in [0.15, 0.2) is 0 Å². The van der Waals surface area contributed by atoms with E-state index in [0.29, 0.717) is 5.69 Å². The standard InChI is InChI=1S/C8H14N4O4S/c1-2-11-17(15,16)12-7(8(13)14)3-6-4-9-5-10-6/h4-5,7,11-12H,2-3H2,1H3,(H,9,10)(H,13,14). The fraction of sp³-hybridized carbons (Fsp3) is 0.500. The van der Waals surface area contributed by atoms with Gasteiger partial charge in [0.05, 0.1) is 6.33 Å². The fourth-order valence-electron chi connectivity index (χ4n) is 1.21. The van der Waals surface area contributed by atoms with Crippen molar-refractivity contribution in [3.63, 3.8) is 0 Å². The Balaban J connectivity index is 2.71. The highest BCUT2D eigenvalue weighted by Gasteiger charge is 2.24. The quantitative estimate of drug-likeness (QED) is 0.494. The molecule has 0 fully saturated rings. The number of rotatable bonds is 7. The van der Waals surface area contributed by atoms with Crippen LogP contribution in [0.3, 0.4) is 0 Å². The molecule has 1 heterocycles. The lowest BCUT2D eigenvalue weighted by Crippen LogP contribution is -2.47. The van der Waals surface area contributed by atoms with Gasteiger partial charge >= 0.3 is 5.97 Å². The van der Waals surface area contributed by atoms with Crippen LogP contribution < -0.4 is 9.44 Å². The summed E-state index contributed by atoms with van der Waals surface area (Å²) in [6.45, 7) is 1.79. The molecule has 1 atom stereocenters. The second-order valence-corrected chi connectivity index (χ2v) is 4.82. The number of aromatic nitrogens is 2. The third-order valence-electron chi connectivity index (χ3n) is 1.91. The first-order chi connectivity index (χ1) is 7.94. The van der Waals surface area contributed by atoms with Crippen LogP contribution >= 0.6 is 0 Å². The zero-order valence-electron chi connectivity index (χ0n) is 9.17. The lowest BCUT2D eigenvalue weighted by atomic mass is 10.2. The Kier molecular flexibility index (Phi) is 4.61. The number of hydrogen-bond donors (Lipinski definition) is 4. The van der Waals surface area contributed by atoms with Crippen molar-refractivity contribution < 1.29 is 18.3 Å². The smallest absolute Gasteiger partial charge is 0.322 e. The minimum atomic E-state index is -3.79. The number of aromatic amines is 1. The number of nitrogens with zero attached hydrogens (tertiary/aromatic N) is 1. The highest BCUT2D eigenvalue weighted by molar-refractivity contribution is 7.87. The first-order valence-electron chi connectivity index (χ1n) is 4.91. The Labute approximate surface area is 98.6 Å². The fourth-order valence-corrected chi connectivity index (χ4v) is 2.24. The Hall–Kier alpha value is -1.45. The minimum absolute atomic E-state index is 0.0000420. The molecule has 0 amide bonds. The number of hydrogen-bond acceptors (Lipinski definition) is 4. The highest BCUT2D eigenvalue weighted by atomic mass is 32.2. The van der Waals surface area contributed by atoms with E-state index >= 15 is 0 Å². The van der Waals surface area contributed by atoms with Gasteiger partial charge in [-0.1, -0.05) is 6.92 Å². The molecule has 0 aromatic carbocycles. The first kappa shape index (κ1) is 13.6. The van der Waals surface area contributed by atoms with E-state index in [0.717, 1.165) is 0 Å². The third kappa shape index (κ3) is 4.51. The SMILES string of the molecule is CCNS(=O)(=O)NC(Cc1cnc[nH]1)C(=O)O. The highest BCUT2D eigenvalue weighted by Crippen LogP contribution is 2.00. The van der Waals surface area contributed by atoms with Crippen LogP contribution in [0.2, 0.25) is 0 Å². The van der Waals surface area contributed by atoms with Gasteiger partial charge in [-0.2, -0.15) is 13.1 Å². The molecule has 1 unspecified atom stereocenters. The van der Waals surface area contributed by atoms with Crippen LogP contribution in [-0.4, -0.2) is 42.0 Å². The van der Waals surface area contributed by atoms with Gasteiger partial charge in [0.25, 0.3) is 10.2 Å². The monoisotopic (exact) mass is 262 g/mol. The molecule has 8 nitrogen and oxygen atoms in total. The Morgan fingerprint density at radius 1 is 1.65 bits per heavy atom. The van der Waals surface area contributed by atoms with E-state index in [9.17, 15) is 13.2 Å². The summed E-state index contributed by atoms with van der Waals surface area (Å²) >= 11 is 0. The lowest BCUT2D eigenvalue weighted by molar-refractivity contribution is -0.138. The largest absolute Gasteiger partial charge is 0.480 e. The molecule has 0 saturated carbocycles. The average molecular weight is 262 g/mol. The van der Waals surface area contributed by atoms with Gasteiger partial charge in [-0.15, -0.1) is 0 Å². The van der Waals surface area contributed by atoms with Gasteiger partial charge in [0.2, 0.25) is 0 Å². The lowest BCUT2D eigenvalue weighted by Gasteiger charge is -2.13. The van der Waals surface area contributed by atoms with Crippen molar-refractivity contribution in [2.24, 2.45) is 0 Å². The predicted molar refractivity (Wildman–Crippen MR) is 59.4 cm³/mol. The van der Waals surface area contributed by atoms with E-state index in [1.165, 1.54) is 12.5 Å². The zero-order chi connectivity index (χ0) is 12.9. The summed E-state index contributed by atoms with van der Waals surface area (Å²) in [5.74, 6) is -1.25. The molecule has 0 aliphatic rings. The molecular weight excluding hydrogens is 248 g/mol. The van der Waals surface area contributed by atoms with E-state index < -0.39 is 22.2 Å². The van der Waals surface area contributed by atoms with Crippen LogP contribution in [0.4, 0.5) is 0 Å².